The average Bonchev–Trinajstić information content (AvgIpc) is 1.75. The van der Waals surface area contributed by atoms with E-state index in [1.54, 1.807) is 47.8 Å². The second kappa shape index (κ2) is 50.6. The van der Waals surface area contributed by atoms with Gasteiger partial charge in [-0.1, -0.05) is 41.5 Å². The molecule has 11 atom stereocenters. The SMILES string of the molecule is CSCC[C@H](NC(=O)[C@H](CO)NC(=O)CNC(=O)CNC(=O)[C@@H]1CCCN1C(=O)[C@H](CCC(N)=O)NC(=O)[C@@H](NC(=O)[C@H](CC(C)C)NC(=O)CNC(=O)CNC(=O)CNC(=O)[C@H](CO)NC(=O)[C@H](CCC(=O)O)NC(=O)[C@H](CCC(=O)O)NC(=O)[C@@H](N)CC(C)C)C(C)C)C(=O)N[C@@H](CCCCN)C(=O)O. The molecule has 0 spiro atoms. The van der Waals surface area contributed by atoms with Crippen LogP contribution in [0.3, 0.4) is 0 Å². The average molecular weight is 1550 g/mol. The van der Waals surface area contributed by atoms with Gasteiger partial charge >= 0.3 is 17.9 Å². The maximum Gasteiger partial charge on any atom is 0.326 e. The van der Waals surface area contributed by atoms with Crippen molar-refractivity contribution in [2.24, 2.45) is 35.0 Å². The Bertz CT molecular complexity index is 3090. The Balaban J connectivity index is 2.99. The molecular formula is C64H108N18O24S. The van der Waals surface area contributed by atoms with Gasteiger partial charge in [-0.05, 0) is 107 Å². The highest BCUT2D eigenvalue weighted by molar-refractivity contribution is 7.98. The van der Waals surface area contributed by atoms with Crippen molar-refractivity contribution in [2.75, 3.05) is 71.0 Å². The minimum absolute atomic E-state index is 0.0181. The number of aliphatic carboxylic acids is 3. The molecule has 1 fully saturated rings. The fourth-order valence-electron chi connectivity index (χ4n) is 10.3. The lowest BCUT2D eigenvalue weighted by Gasteiger charge is -2.31. The van der Waals surface area contributed by atoms with Crippen molar-refractivity contribution in [1.82, 2.24) is 79.3 Å². The Morgan fingerprint density at radius 1 is 0.449 bits per heavy atom. The van der Waals surface area contributed by atoms with Gasteiger partial charge in [0, 0.05) is 25.8 Å². The van der Waals surface area contributed by atoms with Crippen LogP contribution in [0.15, 0.2) is 0 Å². The molecule has 107 heavy (non-hydrogen) atoms. The summed E-state index contributed by atoms with van der Waals surface area (Å²) in [5.74, 6) is -19.9. The van der Waals surface area contributed by atoms with Crippen LogP contribution in [0.5, 0.6) is 0 Å². The standard InChI is InChI=1S/C64H108N18O24S/c1-32(2)23-35(66)54(95)75-36(14-17-51(91)92)56(97)76-37(15-18-52(93)94)57(98)80-42(30-83)55(96)71-26-47(87)68-25-46(86)69-28-49(89)73-41(24-33(3)4)59(100)81-53(34(5)6)62(103)78-39(13-16-45(67)85)63(104)82-21-10-12-44(82)61(102)72-27-48(88)70-29-50(90)74-43(31-84)60(101)77-38(19-22-107-7)58(99)79-40(64(105)106)11-8-9-20-65/h32-44,53,83-84H,8-31,65-66H2,1-7H3,(H2,67,85)(H,68,87)(H,69,86)(H,70,88)(H,71,96)(H,72,102)(H,73,89)(H,74,90)(H,75,95)(H,76,97)(H,77,101)(H,78,103)(H,79,99)(H,80,98)(H,81,100)(H,91,92)(H,93,94)(H,105,106)/t35-,36-,37-,38-,39-,40-,41-,42-,43-,44-,53-/m0/s1. The maximum absolute atomic E-state index is 14.3. The van der Waals surface area contributed by atoms with Gasteiger partial charge in [-0.15, -0.1) is 0 Å². The van der Waals surface area contributed by atoms with E-state index >= 15 is 0 Å². The smallest absolute Gasteiger partial charge is 0.326 e. The normalized spacial score (nSPS) is 15.3. The molecule has 0 saturated carbocycles. The molecule has 16 amide bonds. The van der Waals surface area contributed by atoms with Gasteiger partial charge in [0.25, 0.3) is 0 Å². The van der Waals surface area contributed by atoms with E-state index in [1.165, 1.54) is 11.8 Å². The molecule has 1 rings (SSSR count). The van der Waals surface area contributed by atoms with Gasteiger partial charge in [0.15, 0.2) is 0 Å². The topological polar surface area (TPSA) is 675 Å². The van der Waals surface area contributed by atoms with E-state index in [1.807, 2.05) is 0 Å². The number of nitrogens with zero attached hydrogens (tertiary/aromatic N) is 1. The number of nitrogens with one attached hydrogen (secondary N) is 14. The highest BCUT2D eigenvalue weighted by atomic mass is 32.2. The van der Waals surface area contributed by atoms with Crippen LogP contribution in [0.4, 0.5) is 0 Å². The maximum atomic E-state index is 14.3. The van der Waals surface area contributed by atoms with Crippen molar-refractivity contribution >= 4 is 124 Å². The molecule has 42 nitrogen and oxygen atoms in total. The van der Waals surface area contributed by atoms with Crippen LogP contribution in [-0.4, -0.2) is 280 Å². The van der Waals surface area contributed by atoms with E-state index in [9.17, 15) is 117 Å². The van der Waals surface area contributed by atoms with E-state index < -0.39 is 263 Å². The number of hydrogen-bond donors (Lipinski definition) is 22. The summed E-state index contributed by atoms with van der Waals surface area (Å²) in [6, 6.07) is -15.9. The van der Waals surface area contributed by atoms with Crippen molar-refractivity contribution in [2.45, 2.75) is 198 Å². The Morgan fingerprint density at radius 3 is 1.34 bits per heavy atom. The summed E-state index contributed by atoms with van der Waals surface area (Å²) in [6.07, 6.45) is 0.0725. The van der Waals surface area contributed by atoms with E-state index in [0.717, 1.165) is 4.90 Å². The number of carboxylic acids is 3. The summed E-state index contributed by atoms with van der Waals surface area (Å²) in [7, 11) is 0. The lowest BCUT2D eigenvalue weighted by atomic mass is 9.99. The molecule has 0 radical (unpaired) electrons. The van der Waals surface area contributed by atoms with Crippen molar-refractivity contribution in [3.8, 4) is 0 Å². The Kier molecular flexibility index (Phi) is 45.0. The number of rotatable bonds is 53. The number of nitrogens with two attached hydrogens (primary N) is 3. The third-order valence-corrected chi connectivity index (χ3v) is 16.6. The number of thioether (sulfide) groups is 1. The molecule has 1 saturated heterocycles. The Hall–Kier alpha value is -9.88. The summed E-state index contributed by atoms with van der Waals surface area (Å²) in [5, 5.41) is 80.5. The van der Waals surface area contributed by atoms with Crippen LogP contribution in [0, 0.1) is 17.8 Å². The number of amides is 16. The number of primary amides is 1. The molecule has 1 aliphatic rings. The van der Waals surface area contributed by atoms with Crippen LogP contribution < -0.4 is 91.6 Å². The first-order chi connectivity index (χ1) is 50.3. The van der Waals surface area contributed by atoms with Crippen molar-refractivity contribution in [1.29, 1.82) is 0 Å². The lowest BCUT2D eigenvalue weighted by Crippen LogP contribution is -2.60. The van der Waals surface area contributed by atoms with Crippen molar-refractivity contribution in [3.05, 3.63) is 0 Å². The monoisotopic (exact) mass is 1540 g/mol. The first-order valence-electron chi connectivity index (χ1n) is 34.8. The van der Waals surface area contributed by atoms with E-state index in [2.05, 4.69) is 74.4 Å². The molecule has 25 N–H and O–H groups in total. The number of aliphatic hydroxyl groups is 2. The Labute approximate surface area is 621 Å². The number of likely N-dealkylation sites (tertiary alicyclic amines) is 1. The van der Waals surface area contributed by atoms with Crippen LogP contribution in [-0.2, 0) is 91.1 Å². The molecule has 0 aromatic carbocycles. The highest BCUT2D eigenvalue weighted by Gasteiger charge is 2.40. The van der Waals surface area contributed by atoms with Gasteiger partial charge in [-0.3, -0.25) is 86.3 Å². The van der Waals surface area contributed by atoms with Crippen LogP contribution in [0.1, 0.15) is 131 Å². The van der Waals surface area contributed by atoms with Gasteiger partial charge < -0.3 is 122 Å². The Morgan fingerprint density at radius 2 is 0.869 bits per heavy atom. The van der Waals surface area contributed by atoms with Gasteiger partial charge in [-0.25, -0.2) is 4.79 Å². The zero-order chi connectivity index (χ0) is 81.2. The zero-order valence-electron chi connectivity index (χ0n) is 61.1. The minimum atomic E-state index is -1.82. The van der Waals surface area contributed by atoms with Gasteiger partial charge in [-0.2, -0.15) is 11.8 Å². The predicted molar refractivity (Wildman–Crippen MR) is 379 cm³/mol. The van der Waals surface area contributed by atoms with Crippen LogP contribution >= 0.6 is 11.8 Å². The quantitative estimate of drug-likeness (QED) is 0.0252. The fraction of sp³-hybridized carbons (Fsp3) is 0.703. The molecular weight excluding hydrogens is 1440 g/mol. The summed E-state index contributed by atoms with van der Waals surface area (Å²) < 4.78 is 0. The molecule has 604 valence electrons. The fourth-order valence-corrected chi connectivity index (χ4v) is 10.8. The lowest BCUT2D eigenvalue weighted by molar-refractivity contribution is -0.142. The number of unbranched alkanes of at least 4 members (excludes halogenated alkanes) is 1. The molecule has 1 aliphatic heterocycles. The minimum Gasteiger partial charge on any atom is -0.481 e. The second-order valence-electron chi connectivity index (χ2n) is 26.3. The number of aliphatic hydroxyl groups excluding tert-OH is 2. The van der Waals surface area contributed by atoms with Gasteiger partial charge in [0.2, 0.25) is 94.5 Å². The predicted octanol–water partition coefficient (Wildman–Crippen LogP) is -9.06. The first kappa shape index (κ1) is 95.1. The van der Waals surface area contributed by atoms with E-state index in [4.69, 9.17) is 17.2 Å². The molecule has 1 heterocycles. The van der Waals surface area contributed by atoms with Crippen molar-refractivity contribution in [3.63, 3.8) is 0 Å². The van der Waals surface area contributed by atoms with Crippen LogP contribution in [0.25, 0.3) is 0 Å². The third kappa shape index (κ3) is 38.3. The summed E-state index contributed by atoms with van der Waals surface area (Å²) in [6.45, 7) is 4.37. The van der Waals surface area contributed by atoms with Crippen LogP contribution in [0.2, 0.25) is 0 Å². The second-order valence-corrected chi connectivity index (χ2v) is 27.3. The van der Waals surface area contributed by atoms with E-state index in [0.29, 0.717) is 25.1 Å². The zero-order valence-corrected chi connectivity index (χ0v) is 62.0. The first-order valence-corrected chi connectivity index (χ1v) is 36.2. The number of carbonyl (C=O) groups excluding carboxylic acids is 16. The molecule has 0 aromatic heterocycles. The molecule has 43 heteroatoms. The molecule has 0 aromatic rings. The summed E-state index contributed by atoms with van der Waals surface area (Å²) in [4.78, 5) is 247. The summed E-state index contributed by atoms with van der Waals surface area (Å²) in [5.41, 5.74) is 16.8. The highest BCUT2D eigenvalue weighted by Crippen LogP contribution is 2.21. The van der Waals surface area contributed by atoms with Crippen molar-refractivity contribution < 1.29 is 117 Å². The number of carboxylic acid groups (broad SMARTS) is 3. The number of carbonyl (C=O) groups is 19. The molecule has 0 aliphatic carbocycles. The largest absolute Gasteiger partial charge is 0.481 e. The summed E-state index contributed by atoms with van der Waals surface area (Å²) >= 11 is 1.33. The van der Waals surface area contributed by atoms with Gasteiger partial charge in [0.05, 0.1) is 52.0 Å². The number of hydrogen-bond acceptors (Lipinski definition) is 24. The molecule has 0 unspecified atom stereocenters. The van der Waals surface area contributed by atoms with E-state index in [-0.39, 0.29) is 63.3 Å². The molecule has 0 bridgehead atoms. The third-order valence-electron chi connectivity index (χ3n) is 16.0. The van der Waals surface area contributed by atoms with Gasteiger partial charge in [0.1, 0.15) is 60.4 Å².